The monoisotopic (exact) mass is 375 g/mol. The highest BCUT2D eigenvalue weighted by Crippen LogP contribution is 2.28. The van der Waals surface area contributed by atoms with Crippen LogP contribution in [-0.4, -0.2) is 42.2 Å². The SMILES string of the molecule is COc1ccc(Cl)cc1NC(=O)N1CCC(OCc2cccnc2)CC1. The Bertz CT molecular complexity index is 734. The molecule has 2 aromatic rings. The van der Waals surface area contributed by atoms with Crippen LogP contribution in [0.15, 0.2) is 42.7 Å². The lowest BCUT2D eigenvalue weighted by molar-refractivity contribution is 0.00529. The smallest absolute Gasteiger partial charge is 0.321 e. The van der Waals surface area contributed by atoms with Gasteiger partial charge in [0.05, 0.1) is 25.5 Å². The lowest BCUT2D eigenvalue weighted by Gasteiger charge is -2.32. The highest BCUT2D eigenvalue weighted by atomic mass is 35.5. The Morgan fingerprint density at radius 3 is 2.85 bits per heavy atom. The number of urea groups is 1. The average molecular weight is 376 g/mol. The summed E-state index contributed by atoms with van der Waals surface area (Å²) in [6.07, 6.45) is 5.32. The Kier molecular flexibility index (Phi) is 6.30. The number of carbonyl (C=O) groups excluding carboxylic acids is 1. The van der Waals surface area contributed by atoms with Gasteiger partial charge in [0.25, 0.3) is 0 Å². The molecule has 26 heavy (non-hydrogen) atoms. The minimum absolute atomic E-state index is 0.153. The molecule has 1 fully saturated rings. The summed E-state index contributed by atoms with van der Waals surface area (Å²) in [5, 5.41) is 3.42. The van der Waals surface area contributed by atoms with Crippen LogP contribution in [0.4, 0.5) is 10.5 Å². The molecule has 0 saturated carbocycles. The number of methoxy groups -OCH3 is 1. The predicted molar refractivity (Wildman–Crippen MR) is 101 cm³/mol. The van der Waals surface area contributed by atoms with Crippen LogP contribution in [0.3, 0.4) is 0 Å². The van der Waals surface area contributed by atoms with Gasteiger partial charge < -0.3 is 19.7 Å². The van der Waals surface area contributed by atoms with Crippen molar-refractivity contribution >= 4 is 23.3 Å². The number of aromatic nitrogens is 1. The Labute approximate surface area is 158 Å². The van der Waals surface area contributed by atoms with Crippen LogP contribution in [-0.2, 0) is 11.3 Å². The summed E-state index contributed by atoms with van der Waals surface area (Å²) in [6, 6.07) is 8.87. The molecule has 1 aliphatic heterocycles. The van der Waals surface area contributed by atoms with Crippen LogP contribution in [0.2, 0.25) is 5.02 Å². The van der Waals surface area contributed by atoms with E-state index in [4.69, 9.17) is 21.1 Å². The third kappa shape index (κ3) is 4.86. The van der Waals surface area contributed by atoms with E-state index in [9.17, 15) is 4.79 Å². The number of carbonyl (C=O) groups is 1. The molecular formula is C19H22ClN3O3. The van der Waals surface area contributed by atoms with Crippen LogP contribution in [0.25, 0.3) is 0 Å². The maximum Gasteiger partial charge on any atom is 0.321 e. The van der Waals surface area contributed by atoms with Gasteiger partial charge >= 0.3 is 6.03 Å². The molecular weight excluding hydrogens is 354 g/mol. The van der Waals surface area contributed by atoms with Gasteiger partial charge in [-0.3, -0.25) is 4.98 Å². The first-order valence-electron chi connectivity index (χ1n) is 8.55. The van der Waals surface area contributed by atoms with Crippen molar-refractivity contribution in [2.45, 2.75) is 25.6 Å². The lowest BCUT2D eigenvalue weighted by Crippen LogP contribution is -2.43. The number of hydrogen-bond donors (Lipinski definition) is 1. The predicted octanol–water partition coefficient (Wildman–Crippen LogP) is 3.96. The molecule has 3 rings (SSSR count). The van der Waals surface area contributed by atoms with Crippen molar-refractivity contribution in [3.63, 3.8) is 0 Å². The third-order valence-corrected chi connectivity index (χ3v) is 4.58. The number of piperidine rings is 1. The first-order valence-corrected chi connectivity index (χ1v) is 8.93. The molecule has 0 unspecified atom stereocenters. The van der Waals surface area contributed by atoms with Gasteiger partial charge in [-0.25, -0.2) is 4.79 Å². The van der Waals surface area contributed by atoms with Gasteiger partial charge in [-0.2, -0.15) is 0 Å². The number of nitrogens with zero attached hydrogens (tertiary/aromatic N) is 2. The summed E-state index contributed by atoms with van der Waals surface area (Å²) in [4.78, 5) is 18.4. The minimum atomic E-state index is -0.156. The summed E-state index contributed by atoms with van der Waals surface area (Å²) < 4.78 is 11.2. The fourth-order valence-corrected chi connectivity index (χ4v) is 3.07. The zero-order chi connectivity index (χ0) is 18.4. The van der Waals surface area contributed by atoms with E-state index in [-0.39, 0.29) is 12.1 Å². The minimum Gasteiger partial charge on any atom is -0.495 e. The molecule has 0 aliphatic carbocycles. The molecule has 7 heteroatoms. The number of ether oxygens (including phenoxy) is 2. The maximum atomic E-state index is 12.5. The zero-order valence-corrected chi connectivity index (χ0v) is 15.4. The zero-order valence-electron chi connectivity index (χ0n) is 14.7. The molecule has 2 amide bonds. The Balaban J connectivity index is 1.48. The van der Waals surface area contributed by atoms with Crippen LogP contribution in [0, 0.1) is 0 Å². The largest absolute Gasteiger partial charge is 0.495 e. The number of nitrogens with one attached hydrogen (secondary N) is 1. The number of pyridine rings is 1. The molecule has 0 bridgehead atoms. The van der Waals surface area contributed by atoms with E-state index < -0.39 is 0 Å². The Morgan fingerprint density at radius 2 is 2.15 bits per heavy atom. The molecule has 1 aromatic carbocycles. The molecule has 0 atom stereocenters. The van der Waals surface area contributed by atoms with Crippen LogP contribution in [0.5, 0.6) is 5.75 Å². The van der Waals surface area contributed by atoms with Gasteiger partial charge in [-0.05, 0) is 42.7 Å². The maximum absolute atomic E-state index is 12.5. The number of likely N-dealkylation sites (tertiary alicyclic amines) is 1. The summed E-state index contributed by atoms with van der Waals surface area (Å²) in [5.41, 5.74) is 1.63. The summed E-state index contributed by atoms with van der Waals surface area (Å²) in [5.74, 6) is 0.581. The number of halogens is 1. The van der Waals surface area contributed by atoms with E-state index in [1.54, 1.807) is 42.6 Å². The molecule has 1 saturated heterocycles. The van der Waals surface area contributed by atoms with E-state index in [2.05, 4.69) is 10.3 Å². The van der Waals surface area contributed by atoms with E-state index in [1.165, 1.54) is 0 Å². The average Bonchev–Trinajstić information content (AvgIpc) is 2.68. The molecule has 6 nitrogen and oxygen atoms in total. The molecule has 1 aliphatic rings. The van der Waals surface area contributed by atoms with Crippen LogP contribution in [0.1, 0.15) is 18.4 Å². The summed E-state index contributed by atoms with van der Waals surface area (Å²) in [7, 11) is 1.56. The van der Waals surface area contributed by atoms with Crippen molar-refractivity contribution < 1.29 is 14.3 Å². The van der Waals surface area contributed by atoms with Crippen LogP contribution < -0.4 is 10.1 Å². The summed E-state index contributed by atoms with van der Waals surface area (Å²) in [6.45, 7) is 1.84. The van der Waals surface area contributed by atoms with Gasteiger partial charge in [0.1, 0.15) is 5.75 Å². The number of benzene rings is 1. The second-order valence-corrected chi connectivity index (χ2v) is 6.57. The van der Waals surface area contributed by atoms with E-state index in [0.29, 0.717) is 36.2 Å². The highest BCUT2D eigenvalue weighted by molar-refractivity contribution is 6.31. The fourth-order valence-electron chi connectivity index (χ4n) is 2.90. The van der Waals surface area contributed by atoms with Gasteiger partial charge in [-0.1, -0.05) is 17.7 Å². The number of anilines is 1. The van der Waals surface area contributed by atoms with Crippen molar-refractivity contribution in [1.82, 2.24) is 9.88 Å². The van der Waals surface area contributed by atoms with Gasteiger partial charge in [0.15, 0.2) is 0 Å². The van der Waals surface area contributed by atoms with Crippen molar-refractivity contribution in [3.8, 4) is 5.75 Å². The van der Waals surface area contributed by atoms with Crippen molar-refractivity contribution in [3.05, 3.63) is 53.3 Å². The van der Waals surface area contributed by atoms with Crippen molar-refractivity contribution in [1.29, 1.82) is 0 Å². The molecule has 1 N–H and O–H groups in total. The normalized spacial score (nSPS) is 14.9. The first kappa shape index (κ1) is 18.5. The van der Waals surface area contributed by atoms with Crippen molar-refractivity contribution in [2.24, 2.45) is 0 Å². The Morgan fingerprint density at radius 1 is 1.35 bits per heavy atom. The topological polar surface area (TPSA) is 63.7 Å². The van der Waals surface area contributed by atoms with E-state index in [1.807, 2.05) is 12.1 Å². The standard InChI is InChI=1S/C19H22ClN3O3/c1-25-18-5-4-15(20)11-17(18)22-19(24)23-9-6-16(7-10-23)26-13-14-3-2-8-21-12-14/h2-5,8,11-12,16H,6-7,9-10,13H2,1H3,(H,22,24). The first-order chi connectivity index (χ1) is 12.7. The lowest BCUT2D eigenvalue weighted by atomic mass is 10.1. The fraction of sp³-hybridized carbons (Fsp3) is 0.368. The van der Waals surface area contributed by atoms with Crippen molar-refractivity contribution in [2.75, 3.05) is 25.5 Å². The number of hydrogen-bond acceptors (Lipinski definition) is 4. The molecule has 1 aromatic heterocycles. The summed E-state index contributed by atoms with van der Waals surface area (Å²) >= 11 is 6.01. The van der Waals surface area contributed by atoms with Gasteiger partial charge in [-0.15, -0.1) is 0 Å². The quantitative estimate of drug-likeness (QED) is 0.859. The highest BCUT2D eigenvalue weighted by Gasteiger charge is 2.24. The number of amides is 2. The van der Waals surface area contributed by atoms with E-state index in [0.717, 1.165) is 18.4 Å². The second-order valence-electron chi connectivity index (χ2n) is 6.13. The van der Waals surface area contributed by atoms with Gasteiger partial charge in [0, 0.05) is 30.5 Å². The second kappa shape index (κ2) is 8.87. The Hall–Kier alpha value is -2.31. The number of rotatable bonds is 5. The van der Waals surface area contributed by atoms with Crippen LogP contribution >= 0.6 is 11.6 Å². The van der Waals surface area contributed by atoms with Gasteiger partial charge in [0.2, 0.25) is 0 Å². The molecule has 0 radical (unpaired) electrons. The molecule has 138 valence electrons. The molecule has 0 spiro atoms. The molecule has 2 heterocycles. The third-order valence-electron chi connectivity index (χ3n) is 4.34. The van der Waals surface area contributed by atoms with E-state index >= 15 is 0 Å².